The number of hydrogen-bond donors (Lipinski definition) is 1. The van der Waals surface area contributed by atoms with Gasteiger partial charge in [-0.2, -0.15) is 0 Å². The SMILES string of the molecule is CC[C@H](Oc1cc(Cl)c(Cl)cc1Cl)C(=O)O. The number of hydrogen-bond acceptors (Lipinski definition) is 2. The summed E-state index contributed by atoms with van der Waals surface area (Å²) in [4.78, 5) is 10.8. The van der Waals surface area contributed by atoms with E-state index in [0.717, 1.165) is 0 Å². The van der Waals surface area contributed by atoms with Gasteiger partial charge in [-0.3, -0.25) is 0 Å². The monoisotopic (exact) mass is 282 g/mol. The standard InChI is InChI=1S/C10H9Cl3O3/c1-2-8(10(14)15)16-9-4-6(12)5(11)3-7(9)13/h3-4,8H,2H2,1H3,(H,14,15)/t8-/m0/s1. The summed E-state index contributed by atoms with van der Waals surface area (Å²) in [6.45, 7) is 1.70. The quantitative estimate of drug-likeness (QED) is 0.853. The van der Waals surface area contributed by atoms with Gasteiger partial charge in [-0.15, -0.1) is 0 Å². The lowest BCUT2D eigenvalue weighted by molar-refractivity contribution is -0.145. The molecule has 6 heteroatoms. The molecule has 1 aromatic rings. The number of ether oxygens (including phenoxy) is 1. The molecule has 1 atom stereocenters. The van der Waals surface area contributed by atoms with Crippen LogP contribution in [0.5, 0.6) is 5.75 Å². The molecule has 1 aromatic carbocycles. The second-order valence-electron chi connectivity index (χ2n) is 3.05. The Labute approximate surface area is 108 Å². The Balaban J connectivity index is 2.96. The number of aliphatic carboxylic acids is 1. The fraction of sp³-hybridized carbons (Fsp3) is 0.300. The summed E-state index contributed by atoms with van der Waals surface area (Å²) >= 11 is 17.4. The number of carbonyl (C=O) groups is 1. The van der Waals surface area contributed by atoms with Crippen molar-refractivity contribution in [1.29, 1.82) is 0 Å². The molecule has 0 saturated carbocycles. The molecule has 0 radical (unpaired) electrons. The zero-order valence-electron chi connectivity index (χ0n) is 8.34. The van der Waals surface area contributed by atoms with Crippen molar-refractivity contribution in [1.82, 2.24) is 0 Å². The summed E-state index contributed by atoms with van der Waals surface area (Å²) in [6.07, 6.45) is -0.624. The Morgan fingerprint density at radius 1 is 1.31 bits per heavy atom. The van der Waals surface area contributed by atoms with E-state index in [1.54, 1.807) is 6.92 Å². The maximum atomic E-state index is 10.8. The minimum Gasteiger partial charge on any atom is -0.479 e. The number of carboxylic acid groups (broad SMARTS) is 1. The summed E-state index contributed by atoms with van der Waals surface area (Å²) < 4.78 is 5.22. The second-order valence-corrected chi connectivity index (χ2v) is 4.27. The normalized spacial score (nSPS) is 12.2. The molecule has 0 aliphatic rings. The molecule has 0 aromatic heterocycles. The predicted molar refractivity (Wildman–Crippen MR) is 63.8 cm³/mol. The van der Waals surface area contributed by atoms with Crippen LogP contribution in [0.25, 0.3) is 0 Å². The number of halogens is 3. The third-order valence-electron chi connectivity index (χ3n) is 1.89. The molecule has 0 spiro atoms. The first-order chi connectivity index (χ1) is 7.45. The van der Waals surface area contributed by atoms with Crippen molar-refractivity contribution < 1.29 is 14.6 Å². The van der Waals surface area contributed by atoms with Gasteiger partial charge in [-0.25, -0.2) is 4.79 Å². The van der Waals surface area contributed by atoms with Crippen LogP contribution in [-0.2, 0) is 4.79 Å². The molecule has 0 heterocycles. The summed E-state index contributed by atoms with van der Waals surface area (Å²) in [5, 5.41) is 9.61. The minimum atomic E-state index is -1.05. The van der Waals surface area contributed by atoms with Crippen molar-refractivity contribution in [3.8, 4) is 5.75 Å². The summed E-state index contributed by atoms with van der Waals surface area (Å²) in [5.41, 5.74) is 0. The number of benzene rings is 1. The van der Waals surface area contributed by atoms with Crippen LogP contribution in [-0.4, -0.2) is 17.2 Å². The van der Waals surface area contributed by atoms with Gasteiger partial charge in [0.05, 0.1) is 15.1 Å². The van der Waals surface area contributed by atoms with Crippen molar-refractivity contribution in [2.45, 2.75) is 19.4 Å². The van der Waals surface area contributed by atoms with E-state index in [1.807, 2.05) is 0 Å². The number of carboxylic acids is 1. The van der Waals surface area contributed by atoms with Gasteiger partial charge < -0.3 is 9.84 Å². The van der Waals surface area contributed by atoms with E-state index < -0.39 is 12.1 Å². The number of rotatable bonds is 4. The van der Waals surface area contributed by atoms with Crippen LogP contribution >= 0.6 is 34.8 Å². The molecule has 0 amide bonds. The Bertz CT molecular complexity index is 407. The highest BCUT2D eigenvalue weighted by atomic mass is 35.5. The molecule has 16 heavy (non-hydrogen) atoms. The maximum absolute atomic E-state index is 10.8. The molecule has 0 saturated heterocycles. The summed E-state index contributed by atoms with van der Waals surface area (Å²) in [5.74, 6) is -0.838. The first-order valence-corrected chi connectivity index (χ1v) is 5.63. The Morgan fingerprint density at radius 3 is 2.38 bits per heavy atom. The van der Waals surface area contributed by atoms with Gasteiger partial charge >= 0.3 is 5.97 Å². The van der Waals surface area contributed by atoms with E-state index in [0.29, 0.717) is 11.4 Å². The molecule has 0 fully saturated rings. The molecule has 0 bridgehead atoms. The molecule has 0 unspecified atom stereocenters. The van der Waals surface area contributed by atoms with Crippen molar-refractivity contribution in [3.05, 3.63) is 27.2 Å². The van der Waals surface area contributed by atoms with Crippen LogP contribution in [0.4, 0.5) is 0 Å². The van der Waals surface area contributed by atoms with Crippen molar-refractivity contribution in [2.24, 2.45) is 0 Å². The maximum Gasteiger partial charge on any atom is 0.344 e. The first kappa shape index (κ1) is 13.4. The van der Waals surface area contributed by atoms with Crippen LogP contribution in [0.3, 0.4) is 0 Å². The minimum absolute atomic E-state index is 0.213. The summed E-state index contributed by atoms with van der Waals surface area (Å²) in [7, 11) is 0. The predicted octanol–water partition coefficient (Wildman–Crippen LogP) is 3.89. The Hall–Kier alpha value is -0.640. The first-order valence-electron chi connectivity index (χ1n) is 4.49. The second kappa shape index (κ2) is 5.62. The third-order valence-corrected chi connectivity index (χ3v) is 2.91. The Kier molecular flexibility index (Phi) is 4.71. The van der Waals surface area contributed by atoms with Gasteiger partial charge in [-0.1, -0.05) is 41.7 Å². The van der Waals surface area contributed by atoms with Gasteiger partial charge in [0.25, 0.3) is 0 Å². The van der Waals surface area contributed by atoms with Gasteiger partial charge in [0.15, 0.2) is 6.10 Å². The van der Waals surface area contributed by atoms with Crippen LogP contribution in [0.15, 0.2) is 12.1 Å². The molecular weight excluding hydrogens is 274 g/mol. The zero-order chi connectivity index (χ0) is 12.3. The molecule has 1 rings (SSSR count). The van der Waals surface area contributed by atoms with Gasteiger partial charge in [0, 0.05) is 6.07 Å². The van der Waals surface area contributed by atoms with Crippen LogP contribution in [0.1, 0.15) is 13.3 Å². The smallest absolute Gasteiger partial charge is 0.344 e. The molecule has 3 nitrogen and oxygen atoms in total. The molecule has 88 valence electrons. The third kappa shape index (κ3) is 3.17. The van der Waals surface area contributed by atoms with E-state index in [9.17, 15) is 4.79 Å². The summed E-state index contributed by atoms with van der Waals surface area (Å²) in [6, 6.07) is 2.81. The molecular formula is C10H9Cl3O3. The van der Waals surface area contributed by atoms with Gasteiger partial charge in [0.1, 0.15) is 5.75 Å². The van der Waals surface area contributed by atoms with Gasteiger partial charge in [-0.05, 0) is 12.5 Å². The highest BCUT2D eigenvalue weighted by Gasteiger charge is 2.19. The fourth-order valence-corrected chi connectivity index (χ4v) is 1.64. The molecule has 0 aliphatic heterocycles. The molecule has 0 aliphatic carbocycles. The van der Waals surface area contributed by atoms with Crippen molar-refractivity contribution in [2.75, 3.05) is 0 Å². The largest absolute Gasteiger partial charge is 0.479 e. The lowest BCUT2D eigenvalue weighted by Gasteiger charge is -2.14. The van der Waals surface area contributed by atoms with E-state index in [2.05, 4.69) is 0 Å². The van der Waals surface area contributed by atoms with Crippen molar-refractivity contribution >= 4 is 40.8 Å². The van der Waals surface area contributed by atoms with Gasteiger partial charge in [0.2, 0.25) is 0 Å². The van der Waals surface area contributed by atoms with E-state index in [-0.39, 0.29) is 15.8 Å². The lowest BCUT2D eigenvalue weighted by Crippen LogP contribution is -2.26. The molecule has 1 N–H and O–H groups in total. The average Bonchev–Trinajstić information content (AvgIpc) is 2.21. The van der Waals surface area contributed by atoms with E-state index in [1.165, 1.54) is 12.1 Å². The highest BCUT2D eigenvalue weighted by Crippen LogP contribution is 2.34. The van der Waals surface area contributed by atoms with Crippen LogP contribution in [0.2, 0.25) is 15.1 Å². The van der Waals surface area contributed by atoms with Crippen LogP contribution < -0.4 is 4.74 Å². The average molecular weight is 284 g/mol. The van der Waals surface area contributed by atoms with E-state index in [4.69, 9.17) is 44.6 Å². The zero-order valence-corrected chi connectivity index (χ0v) is 10.6. The fourth-order valence-electron chi connectivity index (χ4n) is 1.06. The van der Waals surface area contributed by atoms with Crippen molar-refractivity contribution in [3.63, 3.8) is 0 Å². The van der Waals surface area contributed by atoms with Crippen LogP contribution in [0, 0.1) is 0 Å². The topological polar surface area (TPSA) is 46.5 Å². The van der Waals surface area contributed by atoms with E-state index >= 15 is 0 Å². The highest BCUT2D eigenvalue weighted by molar-refractivity contribution is 6.43. The lowest BCUT2D eigenvalue weighted by atomic mass is 10.2. The Morgan fingerprint density at radius 2 is 1.88 bits per heavy atom.